The van der Waals surface area contributed by atoms with Crippen molar-refractivity contribution in [3.8, 4) is 0 Å². The highest BCUT2D eigenvalue weighted by molar-refractivity contribution is 4.55. The first kappa shape index (κ1) is 16.9. The van der Waals surface area contributed by atoms with Gasteiger partial charge in [-0.15, -0.1) is 0 Å². The largest absolute Gasteiger partial charge is 0.315 e. The SMILES string of the molecule is C=CNNNNNNNNNNNNNNNN. The van der Waals surface area contributed by atoms with Gasteiger partial charge in [0.2, 0.25) is 0 Å². The predicted octanol–water partition coefficient (Wildman–Crippen LogP) is -7.34. The number of hydrogen-bond acceptors (Lipinski definition) is 16. The second-order valence-electron chi connectivity index (χ2n) is 2.12. The molecule has 16 heteroatoms. The van der Waals surface area contributed by atoms with Gasteiger partial charge in [0, 0.05) is 6.20 Å². The molecule has 0 heterocycles. The smallest absolute Gasteiger partial charge is 0.00671 e. The summed E-state index contributed by atoms with van der Waals surface area (Å²) in [7, 11) is 0. The molecule has 0 saturated carbocycles. The van der Waals surface area contributed by atoms with Crippen molar-refractivity contribution < 1.29 is 0 Å². The van der Waals surface area contributed by atoms with Crippen molar-refractivity contribution in [2.75, 3.05) is 0 Å². The van der Waals surface area contributed by atoms with Gasteiger partial charge in [0.1, 0.15) is 0 Å². The molecule has 0 aromatic heterocycles. The third-order valence-corrected chi connectivity index (χ3v) is 0.996. The summed E-state index contributed by atoms with van der Waals surface area (Å²) in [5, 5.41) is 0. The lowest BCUT2D eigenvalue weighted by Crippen LogP contribution is -2.68. The van der Waals surface area contributed by atoms with Crippen LogP contribution < -0.4 is 88.8 Å². The predicted molar refractivity (Wildman–Crippen MR) is 61.4 cm³/mol. The summed E-state index contributed by atoms with van der Waals surface area (Å²) in [6.07, 6.45) is 1.45. The van der Waals surface area contributed by atoms with Crippen molar-refractivity contribution in [2.24, 2.45) is 5.84 Å². The average molecular weight is 268 g/mol. The van der Waals surface area contributed by atoms with Crippen molar-refractivity contribution in [3.05, 3.63) is 12.8 Å². The van der Waals surface area contributed by atoms with Gasteiger partial charge in [0.25, 0.3) is 0 Å². The molecule has 0 fully saturated rings. The standard InChI is InChI=1S/C2H20N16/c1-2-4-6-8-10-12-14-16-18-17-15-13-11-9-7-5-3/h2,4-18H,1,3H2. The van der Waals surface area contributed by atoms with E-state index in [1.165, 1.54) is 6.20 Å². The Morgan fingerprint density at radius 1 is 0.556 bits per heavy atom. The fraction of sp³-hybridized carbons (Fsp3) is 0. The molecule has 18 heavy (non-hydrogen) atoms. The third-order valence-electron chi connectivity index (χ3n) is 0.996. The molecule has 0 unspecified atom stereocenters. The van der Waals surface area contributed by atoms with Gasteiger partial charge < -0.3 is 5.43 Å². The second-order valence-corrected chi connectivity index (χ2v) is 2.12. The summed E-state index contributed by atoms with van der Waals surface area (Å²) in [5.74, 6) is 4.89. The van der Waals surface area contributed by atoms with E-state index in [4.69, 9.17) is 5.84 Å². The van der Waals surface area contributed by atoms with E-state index in [-0.39, 0.29) is 0 Å². The zero-order valence-electron chi connectivity index (χ0n) is 9.36. The van der Waals surface area contributed by atoms with E-state index >= 15 is 0 Å². The zero-order chi connectivity index (χ0) is 13.3. The Labute approximate surface area is 103 Å². The lowest BCUT2D eigenvalue weighted by Gasteiger charge is -2.14. The maximum absolute atomic E-state index is 4.89. The van der Waals surface area contributed by atoms with E-state index in [1.807, 2.05) is 0 Å². The fourth-order valence-corrected chi connectivity index (χ4v) is 0.467. The van der Waals surface area contributed by atoms with Gasteiger partial charge in [-0.2, -0.15) is 77.5 Å². The van der Waals surface area contributed by atoms with Gasteiger partial charge in [-0.3, -0.25) is 5.84 Å². The molecule has 0 amide bonds. The first-order valence-electron chi connectivity index (χ1n) is 4.49. The van der Waals surface area contributed by atoms with Crippen LogP contribution >= 0.6 is 0 Å². The van der Waals surface area contributed by atoms with Crippen LogP contribution in [0.1, 0.15) is 0 Å². The molecule has 0 aliphatic rings. The van der Waals surface area contributed by atoms with Crippen LogP contribution in [-0.2, 0) is 0 Å². The normalized spacial score (nSPS) is 10.5. The highest BCUT2D eigenvalue weighted by Gasteiger charge is 1.82. The quantitative estimate of drug-likeness (QED) is 0.0755. The molecule has 108 valence electrons. The summed E-state index contributed by atoms with van der Waals surface area (Å²) in [5.41, 5.74) is 36.7. The van der Waals surface area contributed by atoms with Gasteiger partial charge in [-0.05, 0) is 0 Å². The summed E-state index contributed by atoms with van der Waals surface area (Å²) in [4.78, 5) is 0. The molecule has 0 aromatic rings. The third kappa shape index (κ3) is 14.9. The van der Waals surface area contributed by atoms with Crippen molar-refractivity contribution in [1.82, 2.24) is 82.9 Å². The molecule has 0 spiro atoms. The average Bonchev–Trinajstić information content (AvgIpc) is 2.39. The maximum atomic E-state index is 4.89. The number of rotatable bonds is 15. The van der Waals surface area contributed by atoms with Gasteiger partial charge in [-0.25, -0.2) is 0 Å². The van der Waals surface area contributed by atoms with Gasteiger partial charge in [-0.1, -0.05) is 6.58 Å². The van der Waals surface area contributed by atoms with Crippen LogP contribution in [0.4, 0.5) is 0 Å². The number of nitrogens with two attached hydrogens (primary N) is 1. The Balaban J connectivity index is 2.88. The molecular weight excluding hydrogens is 248 g/mol. The molecule has 17 N–H and O–H groups in total. The van der Waals surface area contributed by atoms with E-state index < -0.39 is 0 Å². The molecule has 0 aliphatic carbocycles. The molecule has 0 atom stereocenters. The Kier molecular flexibility index (Phi) is 15.0. The Hall–Kier alpha value is -1.06. The monoisotopic (exact) mass is 268 g/mol. The molecule has 0 aliphatic heterocycles. The van der Waals surface area contributed by atoms with E-state index in [1.54, 1.807) is 0 Å². The first-order valence-corrected chi connectivity index (χ1v) is 4.49. The fourth-order valence-electron chi connectivity index (χ4n) is 0.467. The lowest BCUT2D eigenvalue weighted by atomic mass is 11.1. The van der Waals surface area contributed by atoms with Crippen LogP contribution in [0.3, 0.4) is 0 Å². The van der Waals surface area contributed by atoms with Crippen LogP contribution in [0.2, 0.25) is 0 Å². The molecule has 0 saturated heterocycles. The minimum atomic E-state index is 1.45. The Morgan fingerprint density at radius 2 is 0.889 bits per heavy atom. The van der Waals surface area contributed by atoms with E-state index in [0.29, 0.717) is 0 Å². The van der Waals surface area contributed by atoms with Crippen LogP contribution in [0.5, 0.6) is 0 Å². The van der Waals surface area contributed by atoms with Gasteiger partial charge >= 0.3 is 0 Å². The van der Waals surface area contributed by atoms with E-state index in [9.17, 15) is 0 Å². The molecule has 0 rings (SSSR count). The van der Waals surface area contributed by atoms with Crippen LogP contribution in [0.25, 0.3) is 0 Å². The van der Waals surface area contributed by atoms with Crippen LogP contribution in [0.15, 0.2) is 12.8 Å². The zero-order valence-corrected chi connectivity index (χ0v) is 9.36. The summed E-state index contributed by atoms with van der Waals surface area (Å²) in [6, 6.07) is 0. The number of hydrazine groups is 15. The summed E-state index contributed by atoms with van der Waals surface area (Å²) < 4.78 is 0. The molecular formula is C2H20N16. The topological polar surface area (TPSA) is 206 Å². The molecule has 0 bridgehead atoms. The highest BCUT2D eigenvalue weighted by Crippen LogP contribution is 1.36. The number of nitrogens with one attached hydrogen (secondary N) is 15. The summed E-state index contributed by atoms with van der Waals surface area (Å²) in [6.45, 7) is 3.42. The minimum absolute atomic E-state index is 1.45. The van der Waals surface area contributed by atoms with E-state index in [0.717, 1.165) is 0 Å². The Morgan fingerprint density at radius 3 is 1.22 bits per heavy atom. The van der Waals surface area contributed by atoms with Crippen molar-refractivity contribution >= 4 is 0 Å². The number of hydrogen-bond donors (Lipinski definition) is 16. The molecule has 16 nitrogen and oxygen atoms in total. The maximum Gasteiger partial charge on any atom is 0.00671 e. The first-order chi connectivity index (χ1) is 8.91. The summed E-state index contributed by atoms with van der Waals surface area (Å²) >= 11 is 0. The van der Waals surface area contributed by atoms with Crippen molar-refractivity contribution in [3.63, 3.8) is 0 Å². The minimum Gasteiger partial charge on any atom is -0.315 e. The van der Waals surface area contributed by atoms with Gasteiger partial charge in [0.15, 0.2) is 0 Å². The Bertz CT molecular complexity index is 157. The van der Waals surface area contributed by atoms with Crippen molar-refractivity contribution in [1.29, 1.82) is 0 Å². The van der Waals surface area contributed by atoms with Gasteiger partial charge in [0.05, 0.1) is 0 Å². The highest BCUT2D eigenvalue weighted by atomic mass is 16.0. The van der Waals surface area contributed by atoms with Crippen molar-refractivity contribution in [2.45, 2.75) is 0 Å². The van der Waals surface area contributed by atoms with Crippen LogP contribution in [-0.4, -0.2) is 0 Å². The van der Waals surface area contributed by atoms with E-state index in [2.05, 4.69) is 89.5 Å². The van der Waals surface area contributed by atoms with Crippen LogP contribution in [0, 0.1) is 0 Å². The molecule has 0 radical (unpaired) electrons. The second kappa shape index (κ2) is 15.9. The molecule has 0 aromatic carbocycles. The lowest BCUT2D eigenvalue weighted by molar-refractivity contribution is 0.207.